The highest BCUT2D eigenvalue weighted by atomic mass is 15.1. The van der Waals surface area contributed by atoms with Gasteiger partial charge in [0.05, 0.1) is 0 Å². The van der Waals surface area contributed by atoms with Crippen LogP contribution in [0, 0.1) is 6.92 Å². The van der Waals surface area contributed by atoms with Crippen LogP contribution in [0.2, 0.25) is 0 Å². The molecule has 0 radical (unpaired) electrons. The lowest BCUT2D eigenvalue weighted by molar-refractivity contribution is 0.671. The van der Waals surface area contributed by atoms with Crippen molar-refractivity contribution in [3.8, 4) is 11.4 Å². The van der Waals surface area contributed by atoms with Crippen LogP contribution < -0.4 is 10.6 Å². The van der Waals surface area contributed by atoms with Gasteiger partial charge in [-0.15, -0.1) is 0 Å². The average Bonchev–Trinajstić information content (AvgIpc) is 3.17. The molecule has 4 heterocycles. The number of aromatic nitrogens is 4. The summed E-state index contributed by atoms with van der Waals surface area (Å²) >= 11 is 0. The zero-order valence-corrected chi connectivity index (χ0v) is 17.4. The van der Waals surface area contributed by atoms with Gasteiger partial charge in [0, 0.05) is 52.7 Å². The van der Waals surface area contributed by atoms with Crippen molar-refractivity contribution in [2.75, 3.05) is 17.2 Å². The number of rotatable bonds is 5. The molecule has 6 nitrogen and oxygen atoms in total. The third-order valence-corrected chi connectivity index (χ3v) is 5.83. The number of anilines is 2. The molecular weight excluding hydrogens is 372 g/mol. The molecule has 5 rings (SSSR count). The van der Waals surface area contributed by atoms with Crippen molar-refractivity contribution in [1.29, 1.82) is 0 Å². The fourth-order valence-electron chi connectivity index (χ4n) is 4.15. The molecule has 0 spiro atoms. The predicted octanol–water partition coefficient (Wildman–Crippen LogP) is 4.73. The van der Waals surface area contributed by atoms with E-state index < -0.39 is 0 Å². The number of H-pyrrole nitrogens is 1. The Balaban J connectivity index is 1.44. The number of nitrogens with zero attached hydrogens (tertiary/aromatic N) is 3. The molecule has 3 N–H and O–H groups in total. The third kappa shape index (κ3) is 3.49. The minimum atomic E-state index is 0.411. The Morgan fingerprint density at radius 3 is 2.93 bits per heavy atom. The molecule has 6 heteroatoms. The lowest BCUT2D eigenvalue weighted by Gasteiger charge is -2.25. The lowest BCUT2D eigenvalue weighted by Crippen LogP contribution is -2.25. The van der Waals surface area contributed by atoms with Gasteiger partial charge in [0.25, 0.3) is 0 Å². The summed E-state index contributed by atoms with van der Waals surface area (Å²) in [5.74, 6) is 2.59. The number of nitrogens with one attached hydrogen (secondary N) is 3. The van der Waals surface area contributed by atoms with Crippen LogP contribution in [-0.4, -0.2) is 32.5 Å². The van der Waals surface area contributed by atoms with Gasteiger partial charge in [-0.25, -0.2) is 9.97 Å². The minimum absolute atomic E-state index is 0.411. The summed E-state index contributed by atoms with van der Waals surface area (Å²) in [5.41, 5.74) is 5.58. The normalized spacial score (nSPS) is 15.6. The van der Waals surface area contributed by atoms with E-state index >= 15 is 0 Å². The standard InChI is InChI=1S/C24H26N6/c1-15-9-10-20-22(26-13-11-17-14-27-21-8-4-3-6-19(17)21)29-23(30-24(20)28-15)18-7-5-12-25-16(18)2/h3-8,12,14-15,27H,9-11,13H2,1-2H3,(H2,26,28,29,30). The molecule has 1 aromatic carbocycles. The van der Waals surface area contributed by atoms with E-state index in [-0.39, 0.29) is 0 Å². The summed E-state index contributed by atoms with van der Waals surface area (Å²) in [6.45, 7) is 5.01. The summed E-state index contributed by atoms with van der Waals surface area (Å²) in [4.78, 5) is 17.5. The van der Waals surface area contributed by atoms with E-state index in [0.717, 1.165) is 54.5 Å². The first kappa shape index (κ1) is 18.6. The Morgan fingerprint density at radius 1 is 1.13 bits per heavy atom. The molecule has 0 saturated carbocycles. The van der Waals surface area contributed by atoms with Crippen LogP contribution >= 0.6 is 0 Å². The van der Waals surface area contributed by atoms with E-state index in [0.29, 0.717) is 6.04 Å². The molecule has 1 aliphatic heterocycles. The number of hydrogen-bond donors (Lipinski definition) is 3. The molecule has 4 aromatic rings. The summed E-state index contributed by atoms with van der Waals surface area (Å²) in [7, 11) is 0. The molecule has 0 aliphatic carbocycles. The van der Waals surface area contributed by atoms with Crippen LogP contribution in [-0.2, 0) is 12.8 Å². The minimum Gasteiger partial charge on any atom is -0.369 e. The molecule has 0 fully saturated rings. The van der Waals surface area contributed by atoms with E-state index in [2.05, 4.69) is 58.0 Å². The van der Waals surface area contributed by atoms with Gasteiger partial charge in [-0.1, -0.05) is 18.2 Å². The van der Waals surface area contributed by atoms with Crippen LogP contribution in [0.4, 0.5) is 11.6 Å². The fraction of sp³-hybridized carbons (Fsp3) is 0.292. The van der Waals surface area contributed by atoms with Gasteiger partial charge >= 0.3 is 0 Å². The van der Waals surface area contributed by atoms with Gasteiger partial charge in [-0.2, -0.15) is 0 Å². The van der Waals surface area contributed by atoms with Crippen molar-refractivity contribution < 1.29 is 0 Å². The van der Waals surface area contributed by atoms with E-state index in [1.54, 1.807) is 6.20 Å². The summed E-state index contributed by atoms with van der Waals surface area (Å²) < 4.78 is 0. The maximum atomic E-state index is 4.91. The maximum Gasteiger partial charge on any atom is 0.165 e. The summed E-state index contributed by atoms with van der Waals surface area (Å²) in [6.07, 6.45) is 6.89. The van der Waals surface area contributed by atoms with Crippen LogP contribution in [0.25, 0.3) is 22.3 Å². The molecule has 1 unspecified atom stereocenters. The fourth-order valence-corrected chi connectivity index (χ4v) is 4.15. The van der Waals surface area contributed by atoms with Gasteiger partial charge in [0.15, 0.2) is 5.82 Å². The highest BCUT2D eigenvalue weighted by molar-refractivity contribution is 5.83. The lowest BCUT2D eigenvalue weighted by atomic mass is 10.0. The second kappa shape index (κ2) is 7.78. The van der Waals surface area contributed by atoms with Crippen molar-refractivity contribution in [3.63, 3.8) is 0 Å². The first-order valence-corrected chi connectivity index (χ1v) is 10.6. The number of para-hydroxylation sites is 1. The van der Waals surface area contributed by atoms with Crippen LogP contribution in [0.1, 0.15) is 30.2 Å². The topological polar surface area (TPSA) is 78.5 Å². The quantitative estimate of drug-likeness (QED) is 0.453. The van der Waals surface area contributed by atoms with Crippen molar-refractivity contribution >= 4 is 22.5 Å². The number of fused-ring (bicyclic) bond motifs is 2. The number of aromatic amines is 1. The van der Waals surface area contributed by atoms with Crippen molar-refractivity contribution in [2.45, 2.75) is 39.2 Å². The average molecular weight is 399 g/mol. The summed E-state index contributed by atoms with van der Waals surface area (Å²) in [6, 6.07) is 12.8. The molecule has 3 aromatic heterocycles. The highest BCUT2D eigenvalue weighted by Gasteiger charge is 2.22. The van der Waals surface area contributed by atoms with Gasteiger partial charge in [0.2, 0.25) is 0 Å². The zero-order valence-electron chi connectivity index (χ0n) is 17.4. The molecule has 1 atom stereocenters. The number of aryl methyl sites for hydroxylation is 1. The number of hydrogen-bond acceptors (Lipinski definition) is 5. The van der Waals surface area contributed by atoms with Gasteiger partial charge < -0.3 is 15.6 Å². The van der Waals surface area contributed by atoms with Gasteiger partial charge in [0.1, 0.15) is 11.6 Å². The smallest absolute Gasteiger partial charge is 0.165 e. The molecule has 1 aliphatic rings. The number of benzene rings is 1. The maximum absolute atomic E-state index is 4.91. The predicted molar refractivity (Wildman–Crippen MR) is 122 cm³/mol. The van der Waals surface area contributed by atoms with Crippen LogP contribution in [0.5, 0.6) is 0 Å². The first-order valence-electron chi connectivity index (χ1n) is 10.6. The first-order chi connectivity index (χ1) is 14.7. The largest absolute Gasteiger partial charge is 0.369 e. The SMILES string of the molecule is Cc1ncccc1-c1nc(NCCc2c[nH]c3ccccc23)c2c(n1)NC(C)CC2. The molecule has 152 valence electrons. The molecule has 0 amide bonds. The van der Waals surface area contributed by atoms with Crippen LogP contribution in [0.3, 0.4) is 0 Å². The van der Waals surface area contributed by atoms with Crippen molar-refractivity contribution in [1.82, 2.24) is 19.9 Å². The Morgan fingerprint density at radius 2 is 2.03 bits per heavy atom. The third-order valence-electron chi connectivity index (χ3n) is 5.83. The molecular formula is C24H26N6. The van der Waals surface area contributed by atoms with Gasteiger partial charge in [-0.05, 0) is 56.9 Å². The molecule has 0 saturated heterocycles. The van der Waals surface area contributed by atoms with Gasteiger partial charge in [-0.3, -0.25) is 4.98 Å². The summed E-state index contributed by atoms with van der Waals surface area (Å²) in [5, 5.41) is 8.42. The highest BCUT2D eigenvalue weighted by Crippen LogP contribution is 2.31. The van der Waals surface area contributed by atoms with E-state index in [4.69, 9.17) is 9.97 Å². The van der Waals surface area contributed by atoms with E-state index in [1.165, 1.54) is 22.0 Å². The Bertz CT molecular complexity index is 1200. The van der Waals surface area contributed by atoms with E-state index in [1.807, 2.05) is 19.1 Å². The Hall–Kier alpha value is -3.41. The Labute approximate surface area is 176 Å². The Kier molecular flexibility index (Phi) is 4.83. The second-order valence-corrected chi connectivity index (χ2v) is 7.98. The van der Waals surface area contributed by atoms with Crippen molar-refractivity contribution in [3.05, 3.63) is 65.6 Å². The monoisotopic (exact) mass is 398 g/mol. The molecule has 30 heavy (non-hydrogen) atoms. The van der Waals surface area contributed by atoms with Crippen molar-refractivity contribution in [2.24, 2.45) is 0 Å². The number of pyridine rings is 1. The zero-order chi connectivity index (χ0) is 20.5. The second-order valence-electron chi connectivity index (χ2n) is 7.98. The van der Waals surface area contributed by atoms with Crippen LogP contribution in [0.15, 0.2) is 48.8 Å². The van der Waals surface area contributed by atoms with E-state index in [9.17, 15) is 0 Å². The molecule has 0 bridgehead atoms.